The average Bonchev–Trinajstić information content (AvgIpc) is 2.29. The van der Waals surface area contributed by atoms with Gasteiger partial charge in [-0.2, -0.15) is 0 Å². The first-order chi connectivity index (χ1) is 8.51. The number of piperazine rings is 1. The smallest absolute Gasteiger partial charge is 0.0718 e. The maximum absolute atomic E-state index is 9.80. The lowest BCUT2D eigenvalue weighted by Crippen LogP contribution is -2.50. The van der Waals surface area contributed by atoms with Gasteiger partial charge in [-0.25, -0.2) is 0 Å². The highest BCUT2D eigenvalue weighted by Crippen LogP contribution is 2.10. The first-order valence-electron chi connectivity index (χ1n) is 7.68. The summed E-state index contributed by atoms with van der Waals surface area (Å²) in [5.74, 6) is 0. The van der Waals surface area contributed by atoms with Gasteiger partial charge in [0.15, 0.2) is 0 Å². The minimum atomic E-state index is -0.553. The molecule has 18 heavy (non-hydrogen) atoms. The minimum absolute atomic E-state index is 0.553. The Morgan fingerprint density at radius 2 is 1.44 bits per heavy atom. The Hall–Kier alpha value is -0.120. The van der Waals surface area contributed by atoms with E-state index >= 15 is 0 Å². The van der Waals surface area contributed by atoms with E-state index in [2.05, 4.69) is 16.7 Å². The molecule has 0 amide bonds. The quantitative estimate of drug-likeness (QED) is 0.675. The molecule has 0 bridgehead atoms. The lowest BCUT2D eigenvalue weighted by Gasteiger charge is -2.37. The average molecular weight is 256 g/mol. The molecule has 0 radical (unpaired) electrons. The third-order valence-electron chi connectivity index (χ3n) is 3.65. The summed E-state index contributed by atoms with van der Waals surface area (Å²) in [5, 5.41) is 9.80. The van der Waals surface area contributed by atoms with E-state index in [-0.39, 0.29) is 0 Å². The summed E-state index contributed by atoms with van der Waals surface area (Å²) in [4.78, 5) is 4.96. The number of rotatable bonds is 8. The van der Waals surface area contributed by atoms with E-state index in [1.54, 1.807) is 0 Å². The highest BCUT2D eigenvalue weighted by atomic mass is 16.3. The summed E-state index contributed by atoms with van der Waals surface area (Å²) in [6.07, 6.45) is 6.85. The van der Waals surface area contributed by atoms with Gasteiger partial charge in [-0.15, -0.1) is 0 Å². The summed E-state index contributed by atoms with van der Waals surface area (Å²) < 4.78 is 0. The van der Waals surface area contributed by atoms with Gasteiger partial charge in [0.1, 0.15) is 0 Å². The number of hydrogen-bond acceptors (Lipinski definition) is 3. The van der Waals surface area contributed by atoms with Crippen molar-refractivity contribution in [1.29, 1.82) is 0 Å². The van der Waals surface area contributed by atoms with Gasteiger partial charge in [-0.05, 0) is 26.8 Å². The van der Waals surface area contributed by atoms with Crippen LogP contribution in [0.5, 0.6) is 0 Å². The fraction of sp³-hybridized carbons (Fsp3) is 1.00. The zero-order chi connectivity index (χ0) is 13.4. The van der Waals surface area contributed by atoms with Gasteiger partial charge in [-0.3, -0.25) is 4.90 Å². The highest BCUT2D eigenvalue weighted by molar-refractivity contribution is 4.77. The molecule has 0 aromatic heterocycles. The second-order valence-corrected chi connectivity index (χ2v) is 6.34. The van der Waals surface area contributed by atoms with Crippen molar-refractivity contribution in [2.24, 2.45) is 0 Å². The van der Waals surface area contributed by atoms with Crippen molar-refractivity contribution in [3.05, 3.63) is 0 Å². The summed E-state index contributed by atoms with van der Waals surface area (Å²) >= 11 is 0. The van der Waals surface area contributed by atoms with Gasteiger partial charge in [0.05, 0.1) is 5.60 Å². The van der Waals surface area contributed by atoms with E-state index in [0.717, 1.165) is 19.6 Å². The van der Waals surface area contributed by atoms with Gasteiger partial charge in [0, 0.05) is 32.7 Å². The molecule has 0 aliphatic carbocycles. The van der Waals surface area contributed by atoms with Crippen molar-refractivity contribution >= 4 is 0 Å². The molecule has 0 aromatic carbocycles. The zero-order valence-electron chi connectivity index (χ0n) is 12.6. The maximum Gasteiger partial charge on any atom is 0.0718 e. The molecule has 0 aromatic rings. The summed E-state index contributed by atoms with van der Waals surface area (Å²) in [6.45, 7) is 12.7. The number of aliphatic hydroxyl groups is 1. The Labute approximate surface area is 113 Å². The second-order valence-electron chi connectivity index (χ2n) is 6.34. The zero-order valence-corrected chi connectivity index (χ0v) is 12.6. The Morgan fingerprint density at radius 3 is 2.00 bits per heavy atom. The molecule has 0 saturated carbocycles. The van der Waals surface area contributed by atoms with Crippen LogP contribution in [0.2, 0.25) is 0 Å². The summed E-state index contributed by atoms with van der Waals surface area (Å²) in [7, 11) is 0. The number of hydrogen-bond donors (Lipinski definition) is 1. The van der Waals surface area contributed by atoms with E-state index in [1.165, 1.54) is 51.7 Å². The van der Waals surface area contributed by atoms with E-state index in [9.17, 15) is 5.11 Å². The Kier molecular flexibility index (Phi) is 7.20. The van der Waals surface area contributed by atoms with Crippen LogP contribution in [0, 0.1) is 0 Å². The van der Waals surface area contributed by atoms with Crippen LogP contribution in [-0.2, 0) is 0 Å². The summed E-state index contributed by atoms with van der Waals surface area (Å²) in [5.41, 5.74) is -0.553. The molecule has 0 spiro atoms. The molecule has 1 saturated heterocycles. The van der Waals surface area contributed by atoms with Crippen molar-refractivity contribution in [2.45, 2.75) is 58.5 Å². The van der Waals surface area contributed by atoms with Crippen molar-refractivity contribution in [3.63, 3.8) is 0 Å². The van der Waals surface area contributed by atoms with Crippen LogP contribution in [0.4, 0.5) is 0 Å². The fourth-order valence-corrected chi connectivity index (χ4v) is 2.66. The lowest BCUT2D eigenvalue weighted by molar-refractivity contribution is 0.0176. The Morgan fingerprint density at radius 1 is 0.889 bits per heavy atom. The van der Waals surface area contributed by atoms with E-state index in [1.807, 2.05) is 13.8 Å². The van der Waals surface area contributed by atoms with Crippen LogP contribution in [0.1, 0.15) is 52.9 Å². The molecule has 1 aliphatic rings. The molecule has 1 heterocycles. The van der Waals surface area contributed by atoms with E-state index in [4.69, 9.17) is 0 Å². The highest BCUT2D eigenvalue weighted by Gasteiger charge is 2.22. The third-order valence-corrected chi connectivity index (χ3v) is 3.65. The predicted molar refractivity (Wildman–Crippen MR) is 77.9 cm³/mol. The number of unbranched alkanes of at least 4 members (excludes halogenated alkanes) is 4. The van der Waals surface area contributed by atoms with Gasteiger partial charge < -0.3 is 10.0 Å². The maximum atomic E-state index is 9.80. The third kappa shape index (κ3) is 7.34. The number of nitrogens with zero attached hydrogens (tertiary/aromatic N) is 2. The van der Waals surface area contributed by atoms with Crippen LogP contribution >= 0.6 is 0 Å². The molecule has 0 unspecified atom stereocenters. The standard InChI is InChI=1S/C15H32N2O/c1-4-5-6-7-8-9-16-10-12-17(13-11-16)14-15(2,3)18/h18H,4-14H2,1-3H3. The molecule has 0 atom stereocenters. The van der Waals surface area contributed by atoms with Crippen molar-refractivity contribution in [1.82, 2.24) is 9.80 Å². The van der Waals surface area contributed by atoms with E-state index in [0.29, 0.717) is 0 Å². The van der Waals surface area contributed by atoms with Crippen LogP contribution in [0.25, 0.3) is 0 Å². The Balaban J connectivity index is 2.05. The molecule has 108 valence electrons. The first-order valence-corrected chi connectivity index (χ1v) is 7.68. The molecule has 1 N–H and O–H groups in total. The van der Waals surface area contributed by atoms with Gasteiger partial charge >= 0.3 is 0 Å². The minimum Gasteiger partial charge on any atom is -0.389 e. The van der Waals surface area contributed by atoms with Crippen molar-refractivity contribution in [2.75, 3.05) is 39.3 Å². The first kappa shape index (κ1) is 15.9. The van der Waals surface area contributed by atoms with Crippen LogP contribution < -0.4 is 0 Å². The van der Waals surface area contributed by atoms with Crippen LogP contribution in [0.3, 0.4) is 0 Å². The monoisotopic (exact) mass is 256 g/mol. The molecule has 1 rings (SSSR count). The largest absolute Gasteiger partial charge is 0.389 e. The lowest BCUT2D eigenvalue weighted by atomic mass is 10.1. The molecular formula is C15H32N2O. The van der Waals surface area contributed by atoms with E-state index < -0.39 is 5.60 Å². The molecule has 1 aliphatic heterocycles. The topological polar surface area (TPSA) is 26.7 Å². The Bertz CT molecular complexity index is 205. The second kappa shape index (κ2) is 8.13. The predicted octanol–water partition coefficient (Wildman–Crippen LogP) is 2.35. The SMILES string of the molecule is CCCCCCCN1CCN(CC(C)(C)O)CC1. The fourth-order valence-electron chi connectivity index (χ4n) is 2.66. The normalized spacial score (nSPS) is 19.3. The van der Waals surface area contributed by atoms with Gasteiger partial charge in [-0.1, -0.05) is 32.6 Å². The van der Waals surface area contributed by atoms with Gasteiger partial charge in [0.2, 0.25) is 0 Å². The molecule has 1 fully saturated rings. The molecule has 3 heteroatoms. The van der Waals surface area contributed by atoms with Crippen molar-refractivity contribution < 1.29 is 5.11 Å². The summed E-state index contributed by atoms with van der Waals surface area (Å²) in [6, 6.07) is 0. The number of β-amino-alcohol motifs (C(OH)–C–C–N with tert-alkyl or cyclic N) is 1. The van der Waals surface area contributed by atoms with Crippen LogP contribution in [0.15, 0.2) is 0 Å². The molecular weight excluding hydrogens is 224 g/mol. The van der Waals surface area contributed by atoms with Crippen molar-refractivity contribution in [3.8, 4) is 0 Å². The molecule has 3 nitrogen and oxygen atoms in total. The van der Waals surface area contributed by atoms with Gasteiger partial charge in [0.25, 0.3) is 0 Å². The van der Waals surface area contributed by atoms with Crippen LogP contribution in [-0.4, -0.2) is 59.8 Å².